The largest absolute Gasteiger partial charge is 0.369 e. The van der Waals surface area contributed by atoms with E-state index in [0.717, 1.165) is 5.56 Å². The molecule has 0 aliphatic carbocycles. The van der Waals surface area contributed by atoms with Crippen LogP contribution in [0.1, 0.15) is 31.7 Å². The van der Waals surface area contributed by atoms with E-state index in [0.29, 0.717) is 12.8 Å². The maximum atomic E-state index is 12.6. The summed E-state index contributed by atoms with van der Waals surface area (Å²) in [5.74, 6) is -2.02. The topological polar surface area (TPSA) is 133 Å². The first-order chi connectivity index (χ1) is 13.2. The lowest BCUT2D eigenvalue weighted by molar-refractivity contribution is -0.140. The highest BCUT2D eigenvalue weighted by Crippen LogP contribution is 2.30. The van der Waals surface area contributed by atoms with Crippen LogP contribution in [0.3, 0.4) is 0 Å². The van der Waals surface area contributed by atoms with Crippen LogP contribution in [0.2, 0.25) is 0 Å². The van der Waals surface area contributed by atoms with Gasteiger partial charge in [0.1, 0.15) is 12.6 Å². The normalized spacial score (nSPS) is 21.1. The van der Waals surface area contributed by atoms with Crippen molar-refractivity contribution < 1.29 is 23.9 Å². The Morgan fingerprint density at radius 1 is 1.18 bits per heavy atom. The van der Waals surface area contributed by atoms with E-state index in [-0.39, 0.29) is 31.1 Å². The second-order valence-corrected chi connectivity index (χ2v) is 7.46. The minimum absolute atomic E-state index is 0.0139. The zero-order valence-corrected chi connectivity index (χ0v) is 16.2. The lowest BCUT2D eigenvalue weighted by Crippen LogP contribution is -2.50. The van der Waals surface area contributed by atoms with Gasteiger partial charge in [-0.15, -0.1) is 0 Å². The van der Waals surface area contributed by atoms with Gasteiger partial charge >= 0.3 is 0 Å². The van der Waals surface area contributed by atoms with E-state index >= 15 is 0 Å². The average Bonchev–Trinajstić information content (AvgIpc) is 3.06. The molecule has 3 atom stereocenters. The van der Waals surface area contributed by atoms with Crippen molar-refractivity contribution in [2.75, 3.05) is 13.7 Å². The Balaban J connectivity index is 2.00. The van der Waals surface area contributed by atoms with Crippen LogP contribution < -0.4 is 11.5 Å². The van der Waals surface area contributed by atoms with E-state index in [2.05, 4.69) is 0 Å². The number of rotatable bonds is 9. The van der Waals surface area contributed by atoms with Gasteiger partial charge in [-0.1, -0.05) is 37.3 Å². The number of primary amides is 2. The van der Waals surface area contributed by atoms with Gasteiger partial charge in [0.25, 0.3) is 0 Å². The Morgan fingerprint density at radius 3 is 2.39 bits per heavy atom. The molecule has 8 nitrogen and oxygen atoms in total. The van der Waals surface area contributed by atoms with Gasteiger partial charge in [0.15, 0.2) is 11.9 Å². The molecule has 1 fully saturated rings. The van der Waals surface area contributed by atoms with Crippen molar-refractivity contribution in [3.63, 3.8) is 0 Å². The highest BCUT2D eigenvalue weighted by Gasteiger charge is 2.44. The number of Topliss-reactive ketones (excluding diaryl/α,β-unsaturated/α-hetero) is 1. The van der Waals surface area contributed by atoms with E-state index in [4.69, 9.17) is 16.2 Å². The molecule has 0 aromatic heterocycles. The zero-order valence-electron chi connectivity index (χ0n) is 16.2. The molecule has 0 spiro atoms. The van der Waals surface area contributed by atoms with Gasteiger partial charge in [0.05, 0.1) is 0 Å². The fraction of sp³-hybridized carbons (Fsp3) is 0.500. The Hall–Kier alpha value is -2.74. The van der Waals surface area contributed by atoms with E-state index in [1.165, 1.54) is 11.9 Å². The first-order valence-electron chi connectivity index (χ1n) is 9.19. The Bertz CT molecular complexity index is 751. The van der Waals surface area contributed by atoms with Crippen molar-refractivity contribution in [2.45, 2.75) is 44.8 Å². The molecule has 1 aromatic rings. The van der Waals surface area contributed by atoms with Gasteiger partial charge in [0, 0.05) is 18.9 Å². The summed E-state index contributed by atoms with van der Waals surface area (Å²) in [5, 5.41) is 0. The number of ketones is 1. The summed E-state index contributed by atoms with van der Waals surface area (Å²) in [5.41, 5.74) is 11.1. The second kappa shape index (κ2) is 8.97. The molecule has 28 heavy (non-hydrogen) atoms. The van der Waals surface area contributed by atoms with Gasteiger partial charge in [-0.2, -0.15) is 0 Å². The number of likely N-dealkylation sites (N-methyl/N-ethyl adjacent to an activating group) is 1. The number of ether oxygens (including phenoxy) is 1. The van der Waals surface area contributed by atoms with Crippen LogP contribution in [0, 0.1) is 5.41 Å². The number of hydrogen-bond acceptors (Lipinski definition) is 5. The lowest BCUT2D eigenvalue weighted by atomic mass is 9.79. The number of carbonyl (C=O) groups excluding carboxylic acids is 4. The van der Waals surface area contributed by atoms with Crippen LogP contribution in [-0.2, 0) is 30.3 Å². The van der Waals surface area contributed by atoms with Crippen LogP contribution in [-0.4, -0.2) is 54.2 Å². The SMILES string of the molecule is CN(C(=O)CCC(C)(CCc1ccccc1)C(N)=O)C1C(=O)COC1C(N)=O. The van der Waals surface area contributed by atoms with Crippen LogP contribution in [0.4, 0.5) is 0 Å². The number of nitrogens with zero attached hydrogens (tertiary/aromatic N) is 1. The van der Waals surface area contributed by atoms with Gasteiger partial charge < -0.3 is 21.1 Å². The molecule has 0 radical (unpaired) electrons. The van der Waals surface area contributed by atoms with Crippen LogP contribution in [0.15, 0.2) is 30.3 Å². The molecule has 3 unspecified atom stereocenters. The molecule has 8 heteroatoms. The highest BCUT2D eigenvalue weighted by atomic mass is 16.5. The molecular weight excluding hydrogens is 362 g/mol. The van der Waals surface area contributed by atoms with E-state index in [1.807, 2.05) is 30.3 Å². The third-order valence-corrected chi connectivity index (χ3v) is 5.41. The number of aryl methyl sites for hydroxylation is 1. The monoisotopic (exact) mass is 389 g/mol. The number of hydrogen-bond donors (Lipinski definition) is 2. The van der Waals surface area contributed by atoms with Crippen LogP contribution in [0.5, 0.6) is 0 Å². The van der Waals surface area contributed by atoms with Gasteiger partial charge in [-0.3, -0.25) is 19.2 Å². The van der Waals surface area contributed by atoms with Gasteiger partial charge in [0.2, 0.25) is 17.7 Å². The maximum absolute atomic E-state index is 12.6. The van der Waals surface area contributed by atoms with Crippen LogP contribution in [0.25, 0.3) is 0 Å². The van der Waals surface area contributed by atoms with Crippen molar-refractivity contribution in [1.82, 2.24) is 4.90 Å². The molecular formula is C20H27N3O5. The fourth-order valence-corrected chi connectivity index (χ4v) is 3.32. The number of amides is 3. The molecule has 1 saturated heterocycles. The number of benzene rings is 1. The molecule has 4 N–H and O–H groups in total. The van der Waals surface area contributed by atoms with E-state index in [1.54, 1.807) is 6.92 Å². The predicted molar refractivity (Wildman–Crippen MR) is 102 cm³/mol. The molecule has 2 rings (SSSR count). The standard InChI is InChI=1S/C20H27N3O5/c1-20(19(22)27,10-8-13-6-4-3-5-7-13)11-9-15(25)23(2)16-14(24)12-28-17(16)18(21)26/h3-7,16-17H,8-12H2,1-2H3,(H2,21,26)(H2,22,27). The van der Waals surface area contributed by atoms with Crippen molar-refractivity contribution in [2.24, 2.45) is 16.9 Å². The Kier molecular flexibility index (Phi) is 6.90. The second-order valence-electron chi connectivity index (χ2n) is 7.46. The molecule has 0 bridgehead atoms. The number of nitrogens with two attached hydrogens (primary N) is 2. The molecule has 1 heterocycles. The summed E-state index contributed by atoms with van der Waals surface area (Å²) in [6.45, 7) is 1.48. The zero-order chi connectivity index (χ0) is 20.9. The summed E-state index contributed by atoms with van der Waals surface area (Å²) in [6.07, 6.45) is 0.255. The van der Waals surface area contributed by atoms with E-state index in [9.17, 15) is 19.2 Å². The smallest absolute Gasteiger partial charge is 0.249 e. The number of carbonyl (C=O) groups is 4. The molecule has 1 aromatic carbocycles. The summed E-state index contributed by atoms with van der Waals surface area (Å²) >= 11 is 0. The minimum Gasteiger partial charge on any atom is -0.369 e. The molecule has 3 amide bonds. The average molecular weight is 389 g/mol. The summed E-state index contributed by atoms with van der Waals surface area (Å²) in [4.78, 5) is 49.3. The quantitative estimate of drug-likeness (QED) is 0.621. The predicted octanol–water partition coefficient (Wildman–Crippen LogP) is 0.171. The first kappa shape index (κ1) is 21.6. The van der Waals surface area contributed by atoms with Crippen molar-refractivity contribution in [1.29, 1.82) is 0 Å². The summed E-state index contributed by atoms with van der Waals surface area (Å²) < 4.78 is 5.09. The van der Waals surface area contributed by atoms with Crippen molar-refractivity contribution >= 4 is 23.5 Å². The van der Waals surface area contributed by atoms with Crippen molar-refractivity contribution in [3.8, 4) is 0 Å². The van der Waals surface area contributed by atoms with Gasteiger partial charge in [-0.05, 0) is 24.8 Å². The Morgan fingerprint density at radius 2 is 1.82 bits per heavy atom. The third kappa shape index (κ3) is 4.95. The third-order valence-electron chi connectivity index (χ3n) is 5.41. The lowest BCUT2D eigenvalue weighted by Gasteiger charge is -2.29. The van der Waals surface area contributed by atoms with Gasteiger partial charge in [-0.25, -0.2) is 0 Å². The highest BCUT2D eigenvalue weighted by molar-refractivity contribution is 5.98. The fourth-order valence-electron chi connectivity index (χ4n) is 3.32. The molecule has 1 aliphatic rings. The first-order valence-corrected chi connectivity index (χ1v) is 9.19. The van der Waals surface area contributed by atoms with Crippen LogP contribution >= 0.6 is 0 Å². The maximum Gasteiger partial charge on any atom is 0.249 e. The molecule has 1 aliphatic heterocycles. The Labute approximate surface area is 164 Å². The molecule has 152 valence electrons. The van der Waals surface area contributed by atoms with E-state index < -0.39 is 29.4 Å². The summed E-state index contributed by atoms with van der Waals surface area (Å²) in [7, 11) is 1.43. The summed E-state index contributed by atoms with van der Waals surface area (Å²) in [6, 6.07) is 8.66. The van der Waals surface area contributed by atoms with Crippen molar-refractivity contribution in [3.05, 3.63) is 35.9 Å². The molecule has 0 saturated carbocycles. The minimum atomic E-state index is -1.15.